The molecule has 2 aliphatic rings. The number of amides is 1. The molecule has 2 heterocycles. The molecule has 8 nitrogen and oxygen atoms in total. The lowest BCUT2D eigenvalue weighted by atomic mass is 10.00. The molecule has 0 bridgehead atoms. The van der Waals surface area contributed by atoms with E-state index < -0.39 is 17.6 Å². The number of aromatic hydroxyl groups is 1. The van der Waals surface area contributed by atoms with Gasteiger partial charge in [0.15, 0.2) is 0 Å². The number of hydrogen-bond acceptors (Lipinski definition) is 7. The first-order valence-electron chi connectivity index (χ1n) is 13.1. The van der Waals surface area contributed by atoms with E-state index in [4.69, 9.17) is 25.8 Å². The zero-order valence-corrected chi connectivity index (χ0v) is 23.5. The molecule has 3 unspecified atom stereocenters. The largest absolute Gasteiger partial charge is 0.506 e. The van der Waals surface area contributed by atoms with Crippen LogP contribution in [0.5, 0.6) is 11.5 Å². The van der Waals surface area contributed by atoms with Gasteiger partial charge in [0, 0.05) is 71.6 Å². The highest BCUT2D eigenvalue weighted by molar-refractivity contribution is 6.32. The number of ether oxygens (including phenoxy) is 3. The van der Waals surface area contributed by atoms with Crippen LogP contribution in [-0.2, 0) is 22.1 Å². The van der Waals surface area contributed by atoms with Crippen LogP contribution in [0.2, 0.25) is 5.02 Å². The van der Waals surface area contributed by atoms with Gasteiger partial charge in [-0.2, -0.15) is 13.2 Å². The molecule has 0 saturated carbocycles. The summed E-state index contributed by atoms with van der Waals surface area (Å²) < 4.78 is 56.8. The summed E-state index contributed by atoms with van der Waals surface area (Å²) in [5.74, 6) is -0.607. The molecule has 0 aliphatic carbocycles. The molecule has 220 valence electrons. The molecule has 1 amide bonds. The van der Waals surface area contributed by atoms with E-state index in [1.54, 1.807) is 37.3 Å². The molecular formula is C28H35ClF3N3O5. The maximum Gasteiger partial charge on any atom is 0.416 e. The molecule has 2 aromatic rings. The van der Waals surface area contributed by atoms with Crippen molar-refractivity contribution >= 4 is 17.5 Å². The van der Waals surface area contributed by atoms with Crippen LogP contribution < -0.4 is 4.74 Å². The van der Waals surface area contributed by atoms with E-state index in [1.165, 1.54) is 13.2 Å². The quantitative estimate of drug-likeness (QED) is 0.480. The minimum atomic E-state index is -4.62. The third-order valence-electron chi connectivity index (χ3n) is 7.66. The topological polar surface area (TPSA) is 74.7 Å². The molecule has 0 aromatic heterocycles. The predicted molar refractivity (Wildman–Crippen MR) is 144 cm³/mol. The molecule has 2 aromatic carbocycles. The van der Waals surface area contributed by atoms with Crippen molar-refractivity contribution < 1.29 is 37.3 Å². The average Bonchev–Trinajstić information content (AvgIpc) is 3.35. The third-order valence-corrected chi connectivity index (χ3v) is 7.97. The normalized spacial score (nSPS) is 22.6. The second-order valence-corrected chi connectivity index (χ2v) is 10.6. The Morgan fingerprint density at radius 2 is 1.65 bits per heavy atom. The first-order valence-corrected chi connectivity index (χ1v) is 13.4. The zero-order valence-electron chi connectivity index (χ0n) is 22.8. The highest BCUT2D eigenvalue weighted by Gasteiger charge is 2.36. The summed E-state index contributed by atoms with van der Waals surface area (Å²) in [7, 11) is 4.62. The van der Waals surface area contributed by atoms with Gasteiger partial charge in [0.25, 0.3) is 5.91 Å². The molecule has 2 saturated heterocycles. The van der Waals surface area contributed by atoms with Crippen molar-refractivity contribution in [3.05, 3.63) is 58.1 Å². The summed E-state index contributed by atoms with van der Waals surface area (Å²) in [5, 5.41) is 10.3. The SMILES string of the molecule is COc1cc(C(=O)N2CCN(CCN3CC(OC)C(OC)C3)CC2Cc2ccc(Cl)c(O)c2)cc(C(F)(F)F)c1. The minimum absolute atomic E-state index is 0.00857. The number of rotatable bonds is 9. The molecule has 2 aliphatic heterocycles. The number of phenols is 1. The van der Waals surface area contributed by atoms with E-state index in [9.17, 15) is 23.1 Å². The summed E-state index contributed by atoms with van der Waals surface area (Å²) in [4.78, 5) is 19.8. The van der Waals surface area contributed by atoms with E-state index in [-0.39, 0.29) is 40.3 Å². The Balaban J connectivity index is 1.53. The van der Waals surface area contributed by atoms with Crippen molar-refractivity contribution in [1.82, 2.24) is 14.7 Å². The number of methoxy groups -OCH3 is 3. The number of nitrogens with zero attached hydrogens (tertiary/aromatic N) is 3. The molecule has 40 heavy (non-hydrogen) atoms. The van der Waals surface area contributed by atoms with Crippen molar-refractivity contribution in [3.63, 3.8) is 0 Å². The van der Waals surface area contributed by atoms with Gasteiger partial charge in [0.2, 0.25) is 0 Å². The van der Waals surface area contributed by atoms with Crippen molar-refractivity contribution in [2.75, 3.05) is 67.1 Å². The zero-order chi connectivity index (χ0) is 29.0. The van der Waals surface area contributed by atoms with Crippen molar-refractivity contribution in [2.45, 2.75) is 30.8 Å². The maximum atomic E-state index is 13.7. The second kappa shape index (κ2) is 12.9. The Kier molecular flexibility index (Phi) is 9.84. The Labute approximate surface area is 237 Å². The first-order chi connectivity index (χ1) is 19.0. The standard InChI is InChI=1S/C28H35ClF3N3O5/c1-38-22-13-19(12-20(14-22)28(30,31)32)27(37)35-9-8-33(6-7-34-16-25(39-2)26(17-34)40-3)15-21(35)10-18-4-5-23(29)24(36)11-18/h4-5,11-14,21,25-26,36H,6-10,15-17H2,1-3H3. The van der Waals surface area contributed by atoms with Gasteiger partial charge in [-0.3, -0.25) is 14.6 Å². The number of carbonyl (C=O) groups is 1. The van der Waals surface area contributed by atoms with Crippen molar-refractivity contribution in [2.24, 2.45) is 0 Å². The second-order valence-electron chi connectivity index (χ2n) is 10.2. The minimum Gasteiger partial charge on any atom is -0.506 e. The fraction of sp³-hybridized carbons (Fsp3) is 0.536. The summed E-state index contributed by atoms with van der Waals surface area (Å²) in [6, 6.07) is 7.65. The fourth-order valence-corrected chi connectivity index (χ4v) is 5.55. The van der Waals surface area contributed by atoms with Gasteiger partial charge in [0.05, 0.1) is 29.9 Å². The molecule has 1 N–H and O–H groups in total. The van der Waals surface area contributed by atoms with E-state index in [0.717, 1.165) is 43.9 Å². The third kappa shape index (κ3) is 7.19. The van der Waals surface area contributed by atoms with Gasteiger partial charge >= 0.3 is 6.18 Å². The summed E-state index contributed by atoms with van der Waals surface area (Å²) >= 11 is 5.98. The predicted octanol–water partition coefficient (Wildman–Crippen LogP) is 3.79. The van der Waals surface area contributed by atoms with Gasteiger partial charge in [-0.25, -0.2) is 0 Å². The van der Waals surface area contributed by atoms with Crippen LogP contribution in [0.4, 0.5) is 13.2 Å². The lowest BCUT2D eigenvalue weighted by Gasteiger charge is -2.42. The van der Waals surface area contributed by atoms with Crippen molar-refractivity contribution in [3.8, 4) is 11.5 Å². The number of phenolic OH excluding ortho intramolecular Hbond substituents is 1. The molecule has 4 rings (SSSR count). The van der Waals surface area contributed by atoms with Gasteiger partial charge < -0.3 is 24.2 Å². The molecule has 2 fully saturated rings. The van der Waals surface area contributed by atoms with Crippen molar-refractivity contribution in [1.29, 1.82) is 0 Å². The average molecular weight is 586 g/mol. The Morgan fingerprint density at radius 1 is 0.975 bits per heavy atom. The number of carbonyl (C=O) groups excluding carboxylic acids is 1. The van der Waals surface area contributed by atoms with Crippen LogP contribution in [0.1, 0.15) is 21.5 Å². The van der Waals surface area contributed by atoms with Crippen LogP contribution >= 0.6 is 11.6 Å². The number of benzene rings is 2. The summed E-state index contributed by atoms with van der Waals surface area (Å²) in [6.07, 6.45) is -4.21. The fourth-order valence-electron chi connectivity index (χ4n) is 5.43. The lowest BCUT2D eigenvalue weighted by Crippen LogP contribution is -2.56. The summed E-state index contributed by atoms with van der Waals surface area (Å²) in [5.41, 5.74) is -0.265. The van der Waals surface area contributed by atoms with Crippen LogP contribution in [-0.4, -0.2) is 111 Å². The molecule has 0 spiro atoms. The van der Waals surface area contributed by atoms with Crippen LogP contribution in [0.15, 0.2) is 36.4 Å². The maximum absolute atomic E-state index is 13.7. The molecule has 0 radical (unpaired) electrons. The summed E-state index contributed by atoms with van der Waals surface area (Å²) in [6.45, 7) is 4.47. The Hall–Kier alpha value is -2.57. The molecular weight excluding hydrogens is 551 g/mol. The van der Waals surface area contributed by atoms with Gasteiger partial charge in [0.1, 0.15) is 11.5 Å². The van der Waals surface area contributed by atoms with E-state index in [0.29, 0.717) is 26.1 Å². The Morgan fingerprint density at radius 3 is 2.25 bits per heavy atom. The number of hydrogen-bond donors (Lipinski definition) is 1. The highest BCUT2D eigenvalue weighted by Crippen LogP contribution is 2.33. The number of piperazine rings is 1. The molecule has 3 atom stereocenters. The highest BCUT2D eigenvalue weighted by atomic mass is 35.5. The first kappa shape index (κ1) is 30.4. The number of alkyl halides is 3. The van der Waals surface area contributed by atoms with E-state index >= 15 is 0 Å². The van der Waals surface area contributed by atoms with Crippen LogP contribution in [0.25, 0.3) is 0 Å². The number of likely N-dealkylation sites (tertiary alicyclic amines) is 1. The van der Waals surface area contributed by atoms with Gasteiger partial charge in [-0.15, -0.1) is 0 Å². The van der Waals surface area contributed by atoms with Crippen LogP contribution in [0.3, 0.4) is 0 Å². The van der Waals surface area contributed by atoms with E-state index in [2.05, 4.69) is 9.80 Å². The lowest BCUT2D eigenvalue weighted by molar-refractivity contribution is -0.137. The van der Waals surface area contributed by atoms with Gasteiger partial charge in [-0.1, -0.05) is 17.7 Å². The molecule has 12 heteroatoms. The van der Waals surface area contributed by atoms with Gasteiger partial charge in [-0.05, 0) is 42.3 Å². The van der Waals surface area contributed by atoms with E-state index in [1.807, 2.05) is 0 Å². The smallest absolute Gasteiger partial charge is 0.416 e. The van der Waals surface area contributed by atoms with Crippen LogP contribution in [0, 0.1) is 0 Å². The number of halogens is 4. The monoisotopic (exact) mass is 585 g/mol. The Bertz CT molecular complexity index is 1170.